The van der Waals surface area contributed by atoms with Gasteiger partial charge in [0.15, 0.2) is 9.84 Å². The number of hydrogen-bond acceptors (Lipinski definition) is 6. The lowest BCUT2D eigenvalue weighted by Gasteiger charge is -2.34. The van der Waals surface area contributed by atoms with E-state index in [-0.39, 0.29) is 35.2 Å². The fraction of sp³-hybridized carbons (Fsp3) is 0.526. The smallest absolute Gasteiger partial charge is 0.233 e. The quantitative estimate of drug-likeness (QED) is 0.562. The van der Waals surface area contributed by atoms with Gasteiger partial charge in [0.1, 0.15) is 11.4 Å². The number of carbonyl (C=O) groups is 1. The number of benzene rings is 1. The first kappa shape index (κ1) is 18.7. The highest BCUT2D eigenvalue weighted by molar-refractivity contribution is 8.00. The summed E-state index contributed by atoms with van der Waals surface area (Å²) in [4.78, 5) is 23.6. The number of amides is 1. The first-order valence-electron chi connectivity index (χ1n) is 9.38. The fourth-order valence-corrected chi connectivity index (χ4v) is 6.75. The monoisotopic (exact) mass is 405 g/mol. The van der Waals surface area contributed by atoms with Gasteiger partial charge in [-0.3, -0.25) is 4.79 Å². The maximum atomic E-state index is 13.1. The predicted octanol–water partition coefficient (Wildman–Crippen LogP) is 2.68. The third-order valence-electron chi connectivity index (χ3n) is 5.45. The third kappa shape index (κ3) is 4.11. The van der Waals surface area contributed by atoms with E-state index >= 15 is 0 Å². The summed E-state index contributed by atoms with van der Waals surface area (Å²) in [6, 6.07) is 7.76. The molecule has 1 aliphatic carbocycles. The Morgan fingerprint density at radius 3 is 2.63 bits per heavy atom. The molecule has 1 saturated carbocycles. The van der Waals surface area contributed by atoms with Crippen molar-refractivity contribution in [2.45, 2.75) is 49.2 Å². The van der Waals surface area contributed by atoms with Crippen LogP contribution in [-0.4, -0.2) is 58.5 Å². The second-order valence-corrected chi connectivity index (χ2v) is 10.5. The van der Waals surface area contributed by atoms with Gasteiger partial charge in [0.25, 0.3) is 0 Å². The van der Waals surface area contributed by atoms with Crippen LogP contribution in [0.3, 0.4) is 0 Å². The molecule has 8 heteroatoms. The Balaban J connectivity index is 1.51. The molecule has 1 amide bonds. The van der Waals surface area contributed by atoms with Crippen molar-refractivity contribution in [2.75, 3.05) is 17.3 Å². The van der Waals surface area contributed by atoms with E-state index in [2.05, 4.69) is 9.97 Å². The highest BCUT2D eigenvalue weighted by Crippen LogP contribution is 2.31. The number of sulfone groups is 1. The number of hydrogen-bond donors (Lipinski definition) is 0. The van der Waals surface area contributed by atoms with Crippen molar-refractivity contribution in [3.05, 3.63) is 30.6 Å². The highest BCUT2D eigenvalue weighted by Gasteiger charge is 2.38. The zero-order valence-electron chi connectivity index (χ0n) is 15.1. The zero-order chi connectivity index (χ0) is 18.9. The van der Waals surface area contributed by atoms with Crippen LogP contribution in [-0.2, 0) is 14.6 Å². The van der Waals surface area contributed by atoms with E-state index in [9.17, 15) is 13.2 Å². The van der Waals surface area contributed by atoms with Gasteiger partial charge < -0.3 is 4.90 Å². The molecule has 2 fully saturated rings. The van der Waals surface area contributed by atoms with Crippen LogP contribution in [0.1, 0.15) is 32.1 Å². The number of carbonyl (C=O) groups excluding carboxylic acids is 1. The zero-order valence-corrected chi connectivity index (χ0v) is 16.7. The van der Waals surface area contributed by atoms with Gasteiger partial charge in [-0.2, -0.15) is 0 Å². The summed E-state index contributed by atoms with van der Waals surface area (Å²) in [5.74, 6) is 0.596. The molecule has 2 aromatic rings. The van der Waals surface area contributed by atoms with Crippen molar-refractivity contribution < 1.29 is 13.2 Å². The van der Waals surface area contributed by atoms with E-state index in [4.69, 9.17) is 0 Å². The van der Waals surface area contributed by atoms with Gasteiger partial charge in [-0.1, -0.05) is 42.8 Å². The van der Waals surface area contributed by atoms with Gasteiger partial charge in [-0.15, -0.1) is 0 Å². The van der Waals surface area contributed by atoms with Gasteiger partial charge in [0.05, 0.1) is 22.8 Å². The third-order valence-corrected chi connectivity index (χ3v) is 8.19. The molecule has 4 rings (SSSR count). The molecular formula is C19H23N3O3S2. The molecule has 0 spiro atoms. The lowest BCUT2D eigenvalue weighted by atomic mass is 10.1. The predicted molar refractivity (Wildman–Crippen MR) is 106 cm³/mol. The van der Waals surface area contributed by atoms with E-state index < -0.39 is 9.84 Å². The highest BCUT2D eigenvalue weighted by atomic mass is 32.2. The molecular weight excluding hydrogens is 382 g/mol. The summed E-state index contributed by atoms with van der Waals surface area (Å²) >= 11 is 1.41. The van der Waals surface area contributed by atoms with Crippen LogP contribution in [0.2, 0.25) is 0 Å². The molecule has 2 heterocycles. The molecule has 1 atom stereocenters. The minimum atomic E-state index is -3.02. The Bertz CT molecular complexity index is 937. The maximum Gasteiger partial charge on any atom is 0.233 e. The summed E-state index contributed by atoms with van der Waals surface area (Å²) in [5.41, 5.74) is 0.858. The molecule has 6 nitrogen and oxygen atoms in total. The number of nitrogens with zero attached hydrogens (tertiary/aromatic N) is 3. The summed E-state index contributed by atoms with van der Waals surface area (Å²) < 4.78 is 23.9. The molecule has 0 unspecified atom stereocenters. The summed E-state index contributed by atoms with van der Waals surface area (Å²) in [5, 5.41) is 1.73. The Morgan fingerprint density at radius 1 is 1.11 bits per heavy atom. The van der Waals surface area contributed by atoms with Crippen LogP contribution in [0, 0.1) is 0 Å². The molecule has 1 saturated heterocycles. The molecule has 144 valence electrons. The molecule has 1 aromatic carbocycles. The standard InChI is InChI=1S/C19H23N3O3S2/c23-18(11-26-19-16-7-3-4-8-17(16)20-13-21-19)22(14-5-1-2-6-14)15-9-10-27(24,25)12-15/h3-4,7-8,13-15H,1-2,5-6,9-12H2/t15-/m1/s1. The number of aromatic nitrogens is 2. The van der Waals surface area contributed by atoms with E-state index in [1.165, 1.54) is 18.1 Å². The van der Waals surface area contributed by atoms with Crippen LogP contribution in [0.5, 0.6) is 0 Å². The van der Waals surface area contributed by atoms with Crippen LogP contribution < -0.4 is 0 Å². The van der Waals surface area contributed by atoms with Crippen molar-refractivity contribution in [1.82, 2.24) is 14.9 Å². The number of thioether (sulfide) groups is 1. The van der Waals surface area contributed by atoms with Crippen molar-refractivity contribution in [3.63, 3.8) is 0 Å². The van der Waals surface area contributed by atoms with E-state index in [1.54, 1.807) is 0 Å². The Hall–Kier alpha value is -1.67. The van der Waals surface area contributed by atoms with Gasteiger partial charge >= 0.3 is 0 Å². The van der Waals surface area contributed by atoms with Gasteiger partial charge in [0, 0.05) is 17.5 Å². The van der Waals surface area contributed by atoms with E-state index in [0.717, 1.165) is 41.6 Å². The molecule has 2 aliphatic rings. The van der Waals surface area contributed by atoms with E-state index in [1.807, 2.05) is 29.2 Å². The second-order valence-electron chi connectivity index (χ2n) is 7.28. The first-order chi connectivity index (χ1) is 13.0. The average molecular weight is 406 g/mol. The van der Waals surface area contributed by atoms with E-state index in [0.29, 0.717) is 6.42 Å². The lowest BCUT2D eigenvalue weighted by molar-refractivity contribution is -0.132. The lowest BCUT2D eigenvalue weighted by Crippen LogP contribution is -2.47. The molecule has 27 heavy (non-hydrogen) atoms. The minimum absolute atomic E-state index is 0.0247. The van der Waals surface area contributed by atoms with Gasteiger partial charge in [-0.05, 0) is 25.3 Å². The number of para-hydroxylation sites is 1. The molecule has 0 N–H and O–H groups in total. The fourth-order valence-electron chi connectivity index (χ4n) is 4.18. The summed E-state index contributed by atoms with van der Waals surface area (Å²) in [7, 11) is -3.02. The van der Waals surface area contributed by atoms with Gasteiger partial charge in [-0.25, -0.2) is 18.4 Å². The molecule has 1 aromatic heterocycles. The van der Waals surface area contributed by atoms with Crippen molar-refractivity contribution in [2.24, 2.45) is 0 Å². The first-order valence-corrected chi connectivity index (χ1v) is 12.2. The Morgan fingerprint density at radius 2 is 1.89 bits per heavy atom. The average Bonchev–Trinajstić information content (AvgIpc) is 3.30. The van der Waals surface area contributed by atoms with Crippen LogP contribution in [0.4, 0.5) is 0 Å². The largest absolute Gasteiger partial charge is 0.335 e. The number of rotatable bonds is 5. The topological polar surface area (TPSA) is 80.2 Å². The van der Waals surface area contributed by atoms with Crippen molar-refractivity contribution in [1.29, 1.82) is 0 Å². The molecule has 0 radical (unpaired) electrons. The number of fused-ring (bicyclic) bond motifs is 1. The van der Waals surface area contributed by atoms with Crippen LogP contribution in [0.15, 0.2) is 35.6 Å². The molecule has 1 aliphatic heterocycles. The summed E-state index contributed by atoms with van der Waals surface area (Å²) in [6.07, 6.45) is 6.25. The SMILES string of the molecule is O=C(CSc1ncnc2ccccc12)N(C1CCCC1)[C@@H]1CCS(=O)(=O)C1. The Kier molecular flexibility index (Phi) is 5.36. The Labute approximate surface area is 163 Å². The van der Waals surface area contributed by atoms with Crippen molar-refractivity contribution >= 4 is 38.4 Å². The normalized spacial score (nSPS) is 22.3. The minimum Gasteiger partial charge on any atom is -0.335 e. The van der Waals surface area contributed by atoms with Gasteiger partial charge in [0.2, 0.25) is 5.91 Å². The van der Waals surface area contributed by atoms with Crippen molar-refractivity contribution in [3.8, 4) is 0 Å². The van der Waals surface area contributed by atoms with Crippen LogP contribution >= 0.6 is 11.8 Å². The maximum absolute atomic E-state index is 13.1. The summed E-state index contributed by atoms with van der Waals surface area (Å²) in [6.45, 7) is 0. The van der Waals surface area contributed by atoms with Crippen LogP contribution in [0.25, 0.3) is 10.9 Å². The second kappa shape index (κ2) is 7.75. The molecule has 0 bridgehead atoms.